The van der Waals surface area contributed by atoms with Crippen LogP contribution in [0.15, 0.2) is 22.1 Å². The SMILES string of the molecule is CCCNC(C)c1csc(-c2occc2C)n1. The van der Waals surface area contributed by atoms with Gasteiger partial charge in [0.15, 0.2) is 10.8 Å². The van der Waals surface area contributed by atoms with Crippen molar-refractivity contribution in [2.75, 3.05) is 6.54 Å². The number of thiazole rings is 1. The number of hydrogen-bond acceptors (Lipinski definition) is 4. The smallest absolute Gasteiger partial charge is 0.165 e. The summed E-state index contributed by atoms with van der Waals surface area (Å²) in [5.74, 6) is 0.893. The molecule has 0 fully saturated rings. The molecule has 0 bridgehead atoms. The molecule has 3 nitrogen and oxygen atoms in total. The Morgan fingerprint density at radius 3 is 3.00 bits per heavy atom. The van der Waals surface area contributed by atoms with E-state index in [4.69, 9.17) is 4.42 Å². The zero-order valence-corrected chi connectivity index (χ0v) is 11.3. The molecule has 4 heteroatoms. The first kappa shape index (κ1) is 12.3. The molecule has 0 spiro atoms. The Balaban J connectivity index is 2.13. The lowest BCUT2D eigenvalue weighted by atomic mass is 10.2. The van der Waals surface area contributed by atoms with Crippen LogP contribution in [0, 0.1) is 6.92 Å². The molecule has 0 saturated carbocycles. The molecule has 0 amide bonds. The molecule has 1 atom stereocenters. The third-order valence-corrected chi connectivity index (χ3v) is 3.58. The van der Waals surface area contributed by atoms with Gasteiger partial charge < -0.3 is 9.73 Å². The van der Waals surface area contributed by atoms with Crippen molar-refractivity contribution < 1.29 is 4.42 Å². The second kappa shape index (κ2) is 5.47. The van der Waals surface area contributed by atoms with E-state index in [0.29, 0.717) is 6.04 Å². The summed E-state index contributed by atoms with van der Waals surface area (Å²) in [5.41, 5.74) is 2.23. The molecule has 0 aliphatic carbocycles. The zero-order valence-electron chi connectivity index (χ0n) is 10.5. The van der Waals surface area contributed by atoms with Gasteiger partial charge in [0.05, 0.1) is 12.0 Å². The molecule has 2 rings (SSSR count). The maximum absolute atomic E-state index is 5.45. The molecule has 2 heterocycles. The van der Waals surface area contributed by atoms with Gasteiger partial charge in [-0.2, -0.15) is 0 Å². The number of rotatable bonds is 5. The Morgan fingerprint density at radius 1 is 1.53 bits per heavy atom. The lowest BCUT2D eigenvalue weighted by Crippen LogP contribution is -2.19. The monoisotopic (exact) mass is 250 g/mol. The number of furan rings is 1. The van der Waals surface area contributed by atoms with E-state index in [1.807, 2.05) is 13.0 Å². The summed E-state index contributed by atoms with van der Waals surface area (Å²) < 4.78 is 5.45. The lowest BCUT2D eigenvalue weighted by Gasteiger charge is -2.09. The Morgan fingerprint density at radius 2 is 2.35 bits per heavy atom. The number of nitrogens with one attached hydrogen (secondary N) is 1. The van der Waals surface area contributed by atoms with Gasteiger partial charge >= 0.3 is 0 Å². The van der Waals surface area contributed by atoms with E-state index in [1.54, 1.807) is 17.6 Å². The topological polar surface area (TPSA) is 38.1 Å². The van der Waals surface area contributed by atoms with Crippen molar-refractivity contribution in [3.63, 3.8) is 0 Å². The van der Waals surface area contributed by atoms with Crippen LogP contribution in [-0.2, 0) is 0 Å². The third-order valence-electron chi connectivity index (χ3n) is 2.72. The van der Waals surface area contributed by atoms with Crippen LogP contribution >= 0.6 is 11.3 Å². The van der Waals surface area contributed by atoms with Crippen LogP contribution in [-0.4, -0.2) is 11.5 Å². The number of aromatic nitrogens is 1. The second-order valence-electron chi connectivity index (χ2n) is 4.19. The van der Waals surface area contributed by atoms with Gasteiger partial charge in [0.2, 0.25) is 0 Å². The molecule has 2 aromatic heterocycles. The van der Waals surface area contributed by atoms with E-state index in [1.165, 1.54) is 0 Å². The molecule has 1 N–H and O–H groups in total. The fourth-order valence-corrected chi connectivity index (χ4v) is 2.61. The van der Waals surface area contributed by atoms with E-state index in [-0.39, 0.29) is 0 Å². The number of hydrogen-bond donors (Lipinski definition) is 1. The number of nitrogens with zero attached hydrogens (tertiary/aromatic N) is 1. The molecular weight excluding hydrogens is 232 g/mol. The molecule has 0 aliphatic heterocycles. The average molecular weight is 250 g/mol. The van der Waals surface area contributed by atoms with Crippen molar-refractivity contribution in [1.29, 1.82) is 0 Å². The first-order valence-electron chi connectivity index (χ1n) is 5.95. The lowest BCUT2D eigenvalue weighted by molar-refractivity contribution is 0.558. The maximum Gasteiger partial charge on any atom is 0.165 e. The van der Waals surface area contributed by atoms with Crippen LogP contribution in [0.1, 0.15) is 37.6 Å². The minimum absolute atomic E-state index is 0.301. The van der Waals surface area contributed by atoms with Gasteiger partial charge in [0, 0.05) is 11.4 Å². The minimum Gasteiger partial charge on any atom is -0.462 e. The highest BCUT2D eigenvalue weighted by Gasteiger charge is 2.13. The van der Waals surface area contributed by atoms with Crippen molar-refractivity contribution in [1.82, 2.24) is 10.3 Å². The van der Waals surface area contributed by atoms with Gasteiger partial charge in [-0.15, -0.1) is 11.3 Å². The van der Waals surface area contributed by atoms with Crippen LogP contribution in [0.3, 0.4) is 0 Å². The van der Waals surface area contributed by atoms with Crippen LogP contribution in [0.2, 0.25) is 0 Å². The van der Waals surface area contributed by atoms with Crippen LogP contribution in [0.25, 0.3) is 10.8 Å². The Labute approximate surface area is 106 Å². The largest absolute Gasteiger partial charge is 0.462 e. The van der Waals surface area contributed by atoms with Crippen LogP contribution in [0.4, 0.5) is 0 Å². The molecule has 0 saturated heterocycles. The fourth-order valence-electron chi connectivity index (χ4n) is 1.65. The summed E-state index contributed by atoms with van der Waals surface area (Å²) in [6, 6.07) is 2.27. The summed E-state index contributed by atoms with van der Waals surface area (Å²) >= 11 is 1.64. The zero-order chi connectivity index (χ0) is 12.3. The Bertz CT molecular complexity index is 475. The van der Waals surface area contributed by atoms with E-state index in [9.17, 15) is 0 Å². The van der Waals surface area contributed by atoms with Crippen LogP contribution in [0.5, 0.6) is 0 Å². The van der Waals surface area contributed by atoms with Crippen molar-refractivity contribution in [2.45, 2.75) is 33.2 Å². The third kappa shape index (κ3) is 2.76. The highest BCUT2D eigenvalue weighted by molar-refractivity contribution is 7.13. The molecule has 0 aromatic carbocycles. The quantitative estimate of drug-likeness (QED) is 0.877. The van der Waals surface area contributed by atoms with E-state index >= 15 is 0 Å². The minimum atomic E-state index is 0.301. The van der Waals surface area contributed by atoms with Gasteiger partial charge in [0.25, 0.3) is 0 Å². The molecule has 92 valence electrons. The molecule has 0 radical (unpaired) electrons. The van der Waals surface area contributed by atoms with Gasteiger partial charge in [-0.1, -0.05) is 6.92 Å². The standard InChI is InChI=1S/C13H18N2OS/c1-4-6-14-10(3)11-8-17-13(15-11)12-9(2)5-7-16-12/h5,7-8,10,14H,4,6H2,1-3H3. The summed E-state index contributed by atoms with van der Waals surface area (Å²) in [4.78, 5) is 4.63. The summed E-state index contributed by atoms with van der Waals surface area (Å²) in [5, 5.41) is 6.50. The van der Waals surface area contributed by atoms with Gasteiger partial charge in [-0.05, 0) is 38.4 Å². The van der Waals surface area contributed by atoms with Crippen molar-refractivity contribution in [3.05, 3.63) is 29.0 Å². The second-order valence-corrected chi connectivity index (χ2v) is 5.04. The molecule has 2 aromatic rings. The molecule has 1 unspecified atom stereocenters. The summed E-state index contributed by atoms with van der Waals surface area (Å²) in [7, 11) is 0. The fraction of sp³-hybridized carbons (Fsp3) is 0.462. The summed E-state index contributed by atoms with van der Waals surface area (Å²) in [6.07, 6.45) is 2.85. The van der Waals surface area contributed by atoms with E-state index in [0.717, 1.165) is 35.0 Å². The molecule has 17 heavy (non-hydrogen) atoms. The highest BCUT2D eigenvalue weighted by atomic mass is 32.1. The average Bonchev–Trinajstić information content (AvgIpc) is 2.93. The Kier molecular flexibility index (Phi) is 3.97. The van der Waals surface area contributed by atoms with E-state index in [2.05, 4.69) is 29.5 Å². The predicted molar refractivity (Wildman–Crippen MR) is 71.3 cm³/mol. The van der Waals surface area contributed by atoms with Gasteiger partial charge in [-0.3, -0.25) is 0 Å². The first-order valence-corrected chi connectivity index (χ1v) is 6.83. The van der Waals surface area contributed by atoms with Crippen LogP contribution < -0.4 is 5.32 Å². The normalized spacial score (nSPS) is 12.9. The van der Waals surface area contributed by atoms with Crippen molar-refractivity contribution >= 4 is 11.3 Å². The summed E-state index contributed by atoms with van der Waals surface area (Å²) in [6.45, 7) is 7.37. The first-order chi connectivity index (χ1) is 8.22. The maximum atomic E-state index is 5.45. The highest BCUT2D eigenvalue weighted by Crippen LogP contribution is 2.29. The van der Waals surface area contributed by atoms with Gasteiger partial charge in [-0.25, -0.2) is 4.98 Å². The number of aryl methyl sites for hydroxylation is 1. The molecule has 0 aliphatic rings. The van der Waals surface area contributed by atoms with Crippen molar-refractivity contribution in [3.8, 4) is 10.8 Å². The van der Waals surface area contributed by atoms with E-state index < -0.39 is 0 Å². The molecular formula is C13H18N2OS. The Hall–Kier alpha value is -1.13. The van der Waals surface area contributed by atoms with Crippen molar-refractivity contribution in [2.24, 2.45) is 0 Å². The van der Waals surface area contributed by atoms with Gasteiger partial charge in [0.1, 0.15) is 0 Å². The predicted octanol–water partition coefficient (Wildman–Crippen LogP) is 3.77.